The van der Waals surface area contributed by atoms with Gasteiger partial charge in [0.15, 0.2) is 0 Å². The van der Waals surface area contributed by atoms with E-state index in [4.69, 9.17) is 11.6 Å². The molecule has 1 N–H and O–H groups in total. The Labute approximate surface area is 131 Å². The lowest BCUT2D eigenvalue weighted by Gasteiger charge is -2.24. The van der Waals surface area contributed by atoms with E-state index in [1.807, 2.05) is 20.8 Å². The molecule has 112 valence electrons. The van der Waals surface area contributed by atoms with Crippen LogP contribution >= 0.6 is 22.9 Å². The Kier molecular flexibility index (Phi) is 4.49. The minimum atomic E-state index is -0.408. The van der Waals surface area contributed by atoms with Crippen molar-refractivity contribution in [2.75, 3.05) is 7.05 Å². The molecule has 21 heavy (non-hydrogen) atoms. The number of amides is 1. The molecule has 1 amide bonds. The van der Waals surface area contributed by atoms with Gasteiger partial charge in [-0.2, -0.15) is 0 Å². The minimum absolute atomic E-state index is 0.00239. The summed E-state index contributed by atoms with van der Waals surface area (Å²) in [5.74, 6) is -0.217. The van der Waals surface area contributed by atoms with Crippen LogP contribution in [0.3, 0.4) is 0 Å². The average molecular weight is 326 g/mol. The molecule has 0 saturated carbocycles. The molecule has 0 aliphatic carbocycles. The van der Waals surface area contributed by atoms with Gasteiger partial charge in [-0.15, -0.1) is 11.3 Å². The summed E-state index contributed by atoms with van der Waals surface area (Å²) in [7, 11) is 1.71. The van der Waals surface area contributed by atoms with Crippen LogP contribution in [0.2, 0.25) is 5.02 Å². The number of aryl methyl sites for hydroxylation is 2. The highest BCUT2D eigenvalue weighted by Gasteiger charge is 2.23. The Hall–Kier alpha value is -1.66. The van der Waals surface area contributed by atoms with Crippen molar-refractivity contribution in [3.8, 4) is 0 Å². The van der Waals surface area contributed by atoms with Gasteiger partial charge in [0.05, 0.1) is 22.3 Å². The minimum Gasteiger partial charge on any atom is -0.333 e. The molecule has 0 aliphatic rings. The second-order valence-corrected chi connectivity index (χ2v) is 6.65. The van der Waals surface area contributed by atoms with Crippen molar-refractivity contribution in [2.24, 2.45) is 0 Å². The number of H-pyrrole nitrogens is 1. The summed E-state index contributed by atoms with van der Waals surface area (Å²) in [6.07, 6.45) is 1.37. The van der Waals surface area contributed by atoms with Gasteiger partial charge in [-0.25, -0.2) is 4.98 Å². The van der Waals surface area contributed by atoms with E-state index in [1.54, 1.807) is 23.3 Å². The molecule has 1 atom stereocenters. The largest absolute Gasteiger partial charge is 0.333 e. The smallest absolute Gasteiger partial charge is 0.266 e. The predicted octanol–water partition coefficient (Wildman–Crippen LogP) is 2.93. The summed E-state index contributed by atoms with van der Waals surface area (Å²) in [6.45, 7) is 5.86. The Morgan fingerprint density at radius 1 is 1.48 bits per heavy atom. The average Bonchev–Trinajstić information content (AvgIpc) is 2.78. The van der Waals surface area contributed by atoms with E-state index in [9.17, 15) is 9.59 Å². The van der Waals surface area contributed by atoms with Crippen molar-refractivity contribution in [2.45, 2.75) is 26.8 Å². The Morgan fingerprint density at radius 3 is 2.67 bits per heavy atom. The van der Waals surface area contributed by atoms with E-state index >= 15 is 0 Å². The molecule has 7 heteroatoms. The zero-order valence-electron chi connectivity index (χ0n) is 12.2. The fourth-order valence-electron chi connectivity index (χ4n) is 2.07. The molecule has 2 heterocycles. The van der Waals surface area contributed by atoms with Gasteiger partial charge in [0, 0.05) is 18.1 Å². The third kappa shape index (κ3) is 3.16. The van der Waals surface area contributed by atoms with Gasteiger partial charge in [-0.3, -0.25) is 9.59 Å². The van der Waals surface area contributed by atoms with Gasteiger partial charge in [-0.05, 0) is 26.8 Å². The van der Waals surface area contributed by atoms with Crippen LogP contribution in [0.4, 0.5) is 0 Å². The van der Waals surface area contributed by atoms with Crippen LogP contribution in [0.25, 0.3) is 0 Å². The first-order valence-corrected chi connectivity index (χ1v) is 7.60. The quantitative estimate of drug-likeness (QED) is 0.943. The number of nitrogens with zero attached hydrogens (tertiary/aromatic N) is 2. The first kappa shape index (κ1) is 15.7. The van der Waals surface area contributed by atoms with Crippen molar-refractivity contribution >= 4 is 28.8 Å². The molecule has 2 aromatic heterocycles. The summed E-state index contributed by atoms with van der Waals surface area (Å²) in [4.78, 5) is 33.3. The van der Waals surface area contributed by atoms with Crippen LogP contribution < -0.4 is 5.56 Å². The summed E-state index contributed by atoms with van der Waals surface area (Å²) in [5.41, 5.74) is 0.831. The summed E-state index contributed by atoms with van der Waals surface area (Å²) in [5, 5.41) is 0.977. The lowest BCUT2D eigenvalue weighted by Crippen LogP contribution is -2.30. The zero-order valence-corrected chi connectivity index (χ0v) is 13.8. The van der Waals surface area contributed by atoms with E-state index in [-0.39, 0.29) is 17.0 Å². The number of pyridine rings is 1. The van der Waals surface area contributed by atoms with E-state index in [0.29, 0.717) is 5.56 Å². The van der Waals surface area contributed by atoms with Crippen LogP contribution in [-0.2, 0) is 0 Å². The second-order valence-electron chi connectivity index (χ2n) is 4.83. The highest BCUT2D eigenvalue weighted by atomic mass is 35.5. The van der Waals surface area contributed by atoms with Crippen LogP contribution in [-0.4, -0.2) is 27.8 Å². The standard InChI is InChI=1S/C14H16ClN3O2S/c1-7(12-8(2)21-9(3)17-12)18(4)14(20)10-5-11(15)13(19)16-6-10/h5-7H,1-4H3,(H,16,19)/t7-/m0/s1. The van der Waals surface area contributed by atoms with Gasteiger partial charge in [0.1, 0.15) is 5.02 Å². The van der Waals surface area contributed by atoms with Crippen molar-refractivity contribution in [1.29, 1.82) is 0 Å². The SMILES string of the molecule is Cc1nc([C@H](C)N(C)C(=O)c2c[nH]c(=O)c(Cl)c2)c(C)s1. The molecule has 0 bridgehead atoms. The van der Waals surface area contributed by atoms with Gasteiger partial charge in [-0.1, -0.05) is 11.6 Å². The number of nitrogens with one attached hydrogen (secondary N) is 1. The van der Waals surface area contributed by atoms with Crippen molar-refractivity contribution in [3.63, 3.8) is 0 Å². The number of thiazole rings is 1. The zero-order chi connectivity index (χ0) is 15.7. The molecule has 0 radical (unpaired) electrons. The van der Waals surface area contributed by atoms with Crippen molar-refractivity contribution in [1.82, 2.24) is 14.9 Å². The van der Waals surface area contributed by atoms with E-state index in [0.717, 1.165) is 15.6 Å². The topological polar surface area (TPSA) is 66.1 Å². The van der Waals surface area contributed by atoms with Crippen LogP contribution in [0.15, 0.2) is 17.1 Å². The molecule has 0 saturated heterocycles. The maximum atomic E-state index is 12.5. The summed E-state index contributed by atoms with van der Waals surface area (Å²) >= 11 is 7.37. The first-order valence-electron chi connectivity index (χ1n) is 6.40. The lowest BCUT2D eigenvalue weighted by atomic mass is 10.1. The Balaban J connectivity index is 2.28. The molecule has 0 aromatic carbocycles. The third-order valence-corrected chi connectivity index (χ3v) is 4.52. The summed E-state index contributed by atoms with van der Waals surface area (Å²) in [6, 6.07) is 1.22. The number of carbonyl (C=O) groups excluding carboxylic acids is 1. The van der Waals surface area contributed by atoms with Gasteiger partial charge in [0.2, 0.25) is 0 Å². The first-order chi connectivity index (χ1) is 9.81. The molecule has 0 fully saturated rings. The highest BCUT2D eigenvalue weighted by Crippen LogP contribution is 2.26. The molecule has 5 nitrogen and oxygen atoms in total. The molecular weight excluding hydrogens is 310 g/mol. The van der Waals surface area contributed by atoms with Crippen LogP contribution in [0.1, 0.15) is 38.9 Å². The third-order valence-electron chi connectivity index (χ3n) is 3.34. The fraction of sp³-hybridized carbons (Fsp3) is 0.357. The monoisotopic (exact) mass is 325 g/mol. The van der Waals surface area contributed by atoms with Crippen molar-refractivity contribution in [3.05, 3.63) is 48.8 Å². The molecule has 2 rings (SSSR count). The predicted molar refractivity (Wildman–Crippen MR) is 84.2 cm³/mol. The van der Waals surface area contributed by atoms with E-state index < -0.39 is 5.56 Å². The number of carbonyl (C=O) groups is 1. The Bertz CT molecular complexity index is 738. The molecule has 2 aromatic rings. The number of rotatable bonds is 3. The number of hydrogen-bond acceptors (Lipinski definition) is 4. The van der Waals surface area contributed by atoms with Gasteiger partial charge < -0.3 is 9.88 Å². The second kappa shape index (κ2) is 5.99. The maximum Gasteiger partial charge on any atom is 0.266 e. The van der Waals surface area contributed by atoms with Crippen LogP contribution in [0, 0.1) is 13.8 Å². The summed E-state index contributed by atoms with van der Waals surface area (Å²) < 4.78 is 0. The number of aromatic amines is 1. The lowest BCUT2D eigenvalue weighted by molar-refractivity contribution is 0.0739. The fourth-order valence-corrected chi connectivity index (χ4v) is 3.15. The van der Waals surface area contributed by atoms with Gasteiger partial charge in [0.25, 0.3) is 11.5 Å². The van der Waals surface area contributed by atoms with E-state index in [2.05, 4.69) is 9.97 Å². The highest BCUT2D eigenvalue weighted by molar-refractivity contribution is 7.11. The molecule has 0 aliphatic heterocycles. The molecule has 0 unspecified atom stereocenters. The Morgan fingerprint density at radius 2 is 2.14 bits per heavy atom. The van der Waals surface area contributed by atoms with Crippen molar-refractivity contribution < 1.29 is 4.79 Å². The van der Waals surface area contributed by atoms with Gasteiger partial charge >= 0.3 is 0 Å². The number of hydrogen-bond donors (Lipinski definition) is 1. The van der Waals surface area contributed by atoms with E-state index in [1.165, 1.54) is 12.3 Å². The number of aromatic nitrogens is 2. The molecule has 0 spiro atoms. The van der Waals surface area contributed by atoms with Crippen LogP contribution in [0.5, 0.6) is 0 Å². The normalized spacial score (nSPS) is 12.2. The maximum absolute atomic E-state index is 12.5. The number of halogens is 1. The molecular formula is C14H16ClN3O2S.